The fourth-order valence-electron chi connectivity index (χ4n) is 2.81. The molecule has 0 heterocycles. The number of carbonyl (C=O) groups excluding carboxylic acids is 2. The van der Waals surface area contributed by atoms with Gasteiger partial charge in [0.2, 0.25) is 0 Å². The Labute approximate surface area is 174 Å². The van der Waals surface area contributed by atoms with Crippen LogP contribution < -0.4 is 15.4 Å². The van der Waals surface area contributed by atoms with Crippen LogP contribution in [0.15, 0.2) is 72.8 Å². The van der Waals surface area contributed by atoms with Gasteiger partial charge >= 0.3 is 0 Å². The molecule has 0 radical (unpaired) electrons. The number of carbonyl (C=O) groups is 2. The van der Waals surface area contributed by atoms with Crippen LogP contribution in [-0.2, 0) is 0 Å². The van der Waals surface area contributed by atoms with Crippen LogP contribution >= 0.6 is 0 Å². The molecule has 2 N–H and O–H groups in total. The Hall–Kier alpha value is -3.67. The van der Waals surface area contributed by atoms with Gasteiger partial charge in [0.1, 0.15) is 11.6 Å². The number of amides is 2. The van der Waals surface area contributed by atoms with Crippen LogP contribution in [0.2, 0.25) is 0 Å². The van der Waals surface area contributed by atoms with Crippen LogP contribution in [0, 0.1) is 12.7 Å². The monoisotopic (exact) mass is 406 g/mol. The minimum Gasteiger partial charge on any atom is -0.494 e. The number of aryl methyl sites for hydroxylation is 1. The molecule has 154 valence electrons. The van der Waals surface area contributed by atoms with E-state index in [9.17, 15) is 14.0 Å². The van der Waals surface area contributed by atoms with Gasteiger partial charge in [-0.2, -0.15) is 0 Å². The average Bonchev–Trinajstić information content (AvgIpc) is 2.74. The molecular weight excluding hydrogens is 383 g/mol. The molecule has 0 atom stereocenters. The lowest BCUT2D eigenvalue weighted by Crippen LogP contribution is -2.25. The van der Waals surface area contributed by atoms with Crippen molar-refractivity contribution in [3.8, 4) is 5.75 Å². The highest BCUT2D eigenvalue weighted by Gasteiger charge is 2.09. The lowest BCUT2D eigenvalue weighted by atomic mass is 10.1. The lowest BCUT2D eigenvalue weighted by molar-refractivity contribution is 0.0950. The van der Waals surface area contributed by atoms with Crippen LogP contribution in [-0.4, -0.2) is 25.0 Å². The van der Waals surface area contributed by atoms with E-state index in [0.29, 0.717) is 36.4 Å². The zero-order valence-corrected chi connectivity index (χ0v) is 16.7. The highest BCUT2D eigenvalue weighted by atomic mass is 19.1. The zero-order chi connectivity index (χ0) is 21.3. The highest BCUT2D eigenvalue weighted by Crippen LogP contribution is 2.14. The van der Waals surface area contributed by atoms with Crippen LogP contribution in [0.4, 0.5) is 10.1 Å². The Balaban J connectivity index is 1.47. The maximum Gasteiger partial charge on any atom is 0.255 e. The first kappa shape index (κ1) is 21.0. The standard InChI is InChI=1S/C24H23FN2O3/c1-17-5-2-8-22(15-17)30-14-4-13-26-23(28)19-6-3-7-21(16-19)27-24(29)18-9-11-20(25)12-10-18/h2-3,5-12,15-16H,4,13-14H2,1H3,(H,26,28)(H,27,29). The van der Waals surface area contributed by atoms with Gasteiger partial charge in [-0.15, -0.1) is 0 Å². The van der Waals surface area contributed by atoms with E-state index < -0.39 is 5.82 Å². The van der Waals surface area contributed by atoms with Crippen molar-refractivity contribution in [2.45, 2.75) is 13.3 Å². The Morgan fingerprint density at radius 2 is 1.67 bits per heavy atom. The first-order valence-electron chi connectivity index (χ1n) is 9.66. The fourth-order valence-corrected chi connectivity index (χ4v) is 2.81. The number of hydrogen-bond donors (Lipinski definition) is 2. The zero-order valence-electron chi connectivity index (χ0n) is 16.7. The molecule has 0 aromatic heterocycles. The minimum atomic E-state index is -0.408. The van der Waals surface area contributed by atoms with Crippen molar-refractivity contribution in [2.75, 3.05) is 18.5 Å². The molecule has 3 aromatic carbocycles. The Bertz CT molecular complexity index is 1020. The van der Waals surface area contributed by atoms with Crippen molar-refractivity contribution in [3.63, 3.8) is 0 Å². The molecule has 0 aliphatic carbocycles. The van der Waals surface area contributed by atoms with E-state index in [-0.39, 0.29) is 11.8 Å². The molecule has 0 aliphatic rings. The van der Waals surface area contributed by atoms with Crippen LogP contribution in [0.5, 0.6) is 5.75 Å². The molecule has 0 unspecified atom stereocenters. The molecule has 3 rings (SSSR count). The Morgan fingerprint density at radius 1 is 0.900 bits per heavy atom. The summed E-state index contributed by atoms with van der Waals surface area (Å²) in [5, 5.41) is 5.55. The molecular formula is C24H23FN2O3. The van der Waals surface area contributed by atoms with Gasteiger partial charge in [0.05, 0.1) is 6.61 Å². The van der Waals surface area contributed by atoms with Gasteiger partial charge in [-0.05, 0) is 73.5 Å². The topological polar surface area (TPSA) is 67.4 Å². The van der Waals surface area contributed by atoms with Gasteiger partial charge in [-0.25, -0.2) is 4.39 Å². The number of nitrogens with one attached hydrogen (secondary N) is 2. The van der Waals surface area contributed by atoms with Crippen molar-refractivity contribution in [1.82, 2.24) is 5.32 Å². The van der Waals surface area contributed by atoms with Crippen molar-refractivity contribution in [1.29, 1.82) is 0 Å². The van der Waals surface area contributed by atoms with E-state index in [2.05, 4.69) is 10.6 Å². The van der Waals surface area contributed by atoms with E-state index in [1.165, 1.54) is 24.3 Å². The summed E-state index contributed by atoms with van der Waals surface area (Å²) >= 11 is 0. The third kappa shape index (κ3) is 6.17. The van der Waals surface area contributed by atoms with E-state index in [0.717, 1.165) is 11.3 Å². The second-order valence-corrected chi connectivity index (χ2v) is 6.82. The number of rotatable bonds is 8. The molecule has 6 heteroatoms. The second kappa shape index (κ2) is 10.2. The summed E-state index contributed by atoms with van der Waals surface area (Å²) in [5.74, 6) is -0.204. The predicted octanol–water partition coefficient (Wildman–Crippen LogP) is 4.59. The smallest absolute Gasteiger partial charge is 0.255 e. The molecule has 5 nitrogen and oxygen atoms in total. The molecule has 0 saturated heterocycles. The van der Waals surface area contributed by atoms with E-state index in [1.807, 2.05) is 31.2 Å². The molecule has 0 saturated carbocycles. The number of ether oxygens (including phenoxy) is 1. The predicted molar refractivity (Wildman–Crippen MR) is 114 cm³/mol. The number of anilines is 1. The maximum atomic E-state index is 13.0. The largest absolute Gasteiger partial charge is 0.494 e. The van der Waals surface area contributed by atoms with Gasteiger partial charge in [-0.1, -0.05) is 18.2 Å². The third-order valence-corrected chi connectivity index (χ3v) is 4.35. The van der Waals surface area contributed by atoms with Crippen LogP contribution in [0.1, 0.15) is 32.7 Å². The van der Waals surface area contributed by atoms with Crippen molar-refractivity contribution in [3.05, 3.63) is 95.3 Å². The summed E-state index contributed by atoms with van der Waals surface area (Å²) in [6.07, 6.45) is 0.667. The summed E-state index contributed by atoms with van der Waals surface area (Å²) in [4.78, 5) is 24.6. The summed E-state index contributed by atoms with van der Waals surface area (Å²) in [6.45, 7) is 2.97. The molecule has 0 fully saturated rings. The van der Waals surface area contributed by atoms with Crippen molar-refractivity contribution >= 4 is 17.5 Å². The summed E-state index contributed by atoms with van der Waals surface area (Å²) in [7, 11) is 0. The maximum absolute atomic E-state index is 13.0. The average molecular weight is 406 g/mol. The third-order valence-electron chi connectivity index (χ3n) is 4.35. The fraction of sp³-hybridized carbons (Fsp3) is 0.167. The normalized spacial score (nSPS) is 10.3. The summed E-state index contributed by atoms with van der Waals surface area (Å²) < 4.78 is 18.7. The van der Waals surface area contributed by atoms with Crippen LogP contribution in [0.25, 0.3) is 0 Å². The lowest BCUT2D eigenvalue weighted by Gasteiger charge is -2.09. The molecule has 0 bridgehead atoms. The van der Waals surface area contributed by atoms with Gasteiger partial charge in [0.15, 0.2) is 0 Å². The molecule has 2 amide bonds. The van der Waals surface area contributed by atoms with Crippen molar-refractivity contribution < 1.29 is 18.7 Å². The molecule has 30 heavy (non-hydrogen) atoms. The van der Waals surface area contributed by atoms with Gasteiger partial charge in [-0.3, -0.25) is 9.59 Å². The van der Waals surface area contributed by atoms with E-state index in [4.69, 9.17) is 4.74 Å². The van der Waals surface area contributed by atoms with Crippen LogP contribution in [0.3, 0.4) is 0 Å². The molecule has 0 aliphatic heterocycles. The van der Waals surface area contributed by atoms with E-state index in [1.54, 1.807) is 24.3 Å². The SMILES string of the molecule is Cc1cccc(OCCCNC(=O)c2cccc(NC(=O)c3ccc(F)cc3)c2)c1. The minimum absolute atomic E-state index is 0.233. The van der Waals surface area contributed by atoms with Crippen molar-refractivity contribution in [2.24, 2.45) is 0 Å². The quantitative estimate of drug-likeness (QED) is 0.538. The second-order valence-electron chi connectivity index (χ2n) is 6.82. The summed E-state index contributed by atoms with van der Waals surface area (Å²) in [5.41, 5.74) is 2.39. The van der Waals surface area contributed by atoms with Gasteiger partial charge < -0.3 is 15.4 Å². The van der Waals surface area contributed by atoms with Gasteiger partial charge in [0.25, 0.3) is 11.8 Å². The number of hydrogen-bond acceptors (Lipinski definition) is 3. The number of benzene rings is 3. The summed E-state index contributed by atoms with van der Waals surface area (Å²) in [6, 6.07) is 19.7. The molecule has 0 spiro atoms. The number of halogens is 1. The first-order chi connectivity index (χ1) is 14.5. The van der Waals surface area contributed by atoms with E-state index >= 15 is 0 Å². The van der Waals surface area contributed by atoms with Gasteiger partial charge in [0, 0.05) is 23.4 Å². The first-order valence-corrected chi connectivity index (χ1v) is 9.66. The Morgan fingerprint density at radius 3 is 2.43 bits per heavy atom. The molecule has 3 aromatic rings. The Kier molecular flexibility index (Phi) is 7.16. The highest BCUT2D eigenvalue weighted by molar-refractivity contribution is 6.05.